The predicted molar refractivity (Wildman–Crippen MR) is 92.8 cm³/mol. The Morgan fingerprint density at radius 2 is 1.75 bits per heavy atom. The Morgan fingerprint density at radius 1 is 0.958 bits per heavy atom. The third kappa shape index (κ3) is 3.24. The lowest BCUT2D eigenvalue weighted by atomic mass is 9.93. The van der Waals surface area contributed by atoms with Gasteiger partial charge in [0.05, 0.1) is 0 Å². The fourth-order valence-corrected chi connectivity index (χ4v) is 4.40. The minimum atomic E-state index is 0.181. The molecule has 1 atom stereocenters. The van der Waals surface area contributed by atoms with Crippen molar-refractivity contribution in [2.24, 2.45) is 5.92 Å². The van der Waals surface area contributed by atoms with Crippen LogP contribution < -0.4 is 4.90 Å². The maximum absolute atomic E-state index is 12.9. The molecule has 4 rings (SSSR count). The van der Waals surface area contributed by atoms with Gasteiger partial charge in [-0.25, -0.2) is 9.97 Å². The number of carbonyl (C=O) groups excluding carboxylic acids is 1. The summed E-state index contributed by atoms with van der Waals surface area (Å²) in [6.45, 7) is 5.90. The van der Waals surface area contributed by atoms with Gasteiger partial charge in [-0.05, 0) is 38.3 Å². The highest BCUT2D eigenvalue weighted by Crippen LogP contribution is 2.26. The van der Waals surface area contributed by atoms with Gasteiger partial charge in [0.2, 0.25) is 11.9 Å². The minimum Gasteiger partial charge on any atom is -0.341 e. The first kappa shape index (κ1) is 15.8. The summed E-state index contributed by atoms with van der Waals surface area (Å²) in [5, 5.41) is 0. The molecule has 0 unspecified atom stereocenters. The normalized spacial score (nSPS) is 26.2. The number of piperidine rings is 2. The molecule has 1 aromatic rings. The largest absolute Gasteiger partial charge is 0.341 e. The second kappa shape index (κ2) is 7.05. The molecular formula is C18H27N5O. The van der Waals surface area contributed by atoms with Gasteiger partial charge in [0.25, 0.3) is 0 Å². The standard InChI is InChI=1S/C18H27N5O/c24-17(23-13-12-21-9-2-1-4-16(21)14-23)15-5-10-22(11-6-15)18-19-7-3-8-20-18/h3,7-8,15-16H,1-2,4-6,9-14H2/t16-/m0/s1. The molecule has 6 heteroatoms. The molecular weight excluding hydrogens is 302 g/mol. The summed E-state index contributed by atoms with van der Waals surface area (Å²) in [5.74, 6) is 1.35. The Kier molecular flexibility index (Phi) is 4.65. The third-order valence-electron chi connectivity index (χ3n) is 5.83. The van der Waals surface area contributed by atoms with Crippen molar-refractivity contribution >= 4 is 11.9 Å². The number of hydrogen-bond acceptors (Lipinski definition) is 5. The SMILES string of the molecule is O=C(C1CCN(c2ncccn2)CC1)N1CCN2CCCC[C@H]2C1. The molecule has 4 heterocycles. The molecule has 1 amide bonds. The monoisotopic (exact) mass is 329 g/mol. The van der Waals surface area contributed by atoms with Gasteiger partial charge < -0.3 is 9.80 Å². The number of amides is 1. The van der Waals surface area contributed by atoms with Crippen LogP contribution in [0.15, 0.2) is 18.5 Å². The summed E-state index contributed by atoms with van der Waals surface area (Å²) in [4.78, 5) is 28.5. The van der Waals surface area contributed by atoms with E-state index >= 15 is 0 Å². The van der Waals surface area contributed by atoms with Crippen molar-refractivity contribution in [2.75, 3.05) is 44.2 Å². The Bertz CT molecular complexity index is 558. The van der Waals surface area contributed by atoms with E-state index in [2.05, 4.69) is 24.7 Å². The number of nitrogens with zero attached hydrogens (tertiary/aromatic N) is 5. The smallest absolute Gasteiger partial charge is 0.225 e. The van der Waals surface area contributed by atoms with E-state index in [9.17, 15) is 4.79 Å². The lowest BCUT2D eigenvalue weighted by molar-refractivity contribution is -0.139. The molecule has 0 N–H and O–H groups in total. The molecule has 3 aliphatic rings. The van der Waals surface area contributed by atoms with E-state index in [1.54, 1.807) is 12.4 Å². The maximum Gasteiger partial charge on any atom is 0.225 e. The molecule has 3 saturated heterocycles. The molecule has 0 aromatic carbocycles. The maximum atomic E-state index is 12.9. The summed E-state index contributed by atoms with van der Waals surface area (Å²) < 4.78 is 0. The molecule has 0 aliphatic carbocycles. The number of carbonyl (C=O) groups is 1. The minimum absolute atomic E-state index is 0.181. The van der Waals surface area contributed by atoms with Crippen LogP contribution in [0.2, 0.25) is 0 Å². The number of piperazine rings is 1. The van der Waals surface area contributed by atoms with Crippen LogP contribution in [0, 0.1) is 5.92 Å². The van der Waals surface area contributed by atoms with Crippen molar-refractivity contribution in [3.63, 3.8) is 0 Å². The van der Waals surface area contributed by atoms with Crippen LogP contribution in [0.5, 0.6) is 0 Å². The number of hydrogen-bond donors (Lipinski definition) is 0. The lowest BCUT2D eigenvalue weighted by Crippen LogP contribution is -2.57. The molecule has 0 spiro atoms. The van der Waals surface area contributed by atoms with Crippen LogP contribution >= 0.6 is 0 Å². The zero-order chi connectivity index (χ0) is 16.4. The molecule has 3 fully saturated rings. The van der Waals surface area contributed by atoms with Gasteiger partial charge in [0.15, 0.2) is 0 Å². The van der Waals surface area contributed by atoms with Gasteiger partial charge in [0.1, 0.15) is 0 Å². The molecule has 0 radical (unpaired) electrons. The molecule has 24 heavy (non-hydrogen) atoms. The number of aromatic nitrogens is 2. The zero-order valence-electron chi connectivity index (χ0n) is 14.3. The van der Waals surface area contributed by atoms with Crippen molar-refractivity contribution in [2.45, 2.75) is 38.1 Å². The van der Waals surface area contributed by atoms with E-state index < -0.39 is 0 Å². The van der Waals surface area contributed by atoms with Crippen LogP contribution in [0.25, 0.3) is 0 Å². The highest BCUT2D eigenvalue weighted by Gasteiger charge is 2.35. The van der Waals surface area contributed by atoms with Crippen molar-refractivity contribution in [3.8, 4) is 0 Å². The molecule has 0 bridgehead atoms. The molecule has 6 nitrogen and oxygen atoms in total. The fourth-order valence-electron chi connectivity index (χ4n) is 4.40. The Hall–Kier alpha value is -1.69. The molecule has 0 saturated carbocycles. The molecule has 130 valence electrons. The fraction of sp³-hybridized carbons (Fsp3) is 0.722. The van der Waals surface area contributed by atoms with E-state index in [0.717, 1.165) is 51.5 Å². The van der Waals surface area contributed by atoms with Gasteiger partial charge >= 0.3 is 0 Å². The van der Waals surface area contributed by atoms with Crippen molar-refractivity contribution in [1.29, 1.82) is 0 Å². The third-order valence-corrected chi connectivity index (χ3v) is 5.83. The summed E-state index contributed by atoms with van der Waals surface area (Å²) in [7, 11) is 0. The van der Waals surface area contributed by atoms with Crippen molar-refractivity contribution in [1.82, 2.24) is 19.8 Å². The van der Waals surface area contributed by atoms with Gasteiger partial charge in [-0.2, -0.15) is 0 Å². The van der Waals surface area contributed by atoms with E-state index in [0.29, 0.717) is 11.9 Å². The summed E-state index contributed by atoms with van der Waals surface area (Å²) >= 11 is 0. The number of anilines is 1. The highest BCUT2D eigenvalue weighted by atomic mass is 16.2. The lowest BCUT2D eigenvalue weighted by Gasteiger charge is -2.45. The second-order valence-electron chi connectivity index (χ2n) is 7.28. The van der Waals surface area contributed by atoms with E-state index in [1.165, 1.54) is 25.8 Å². The predicted octanol–water partition coefficient (Wildman–Crippen LogP) is 1.39. The van der Waals surface area contributed by atoms with Crippen LogP contribution in [0.4, 0.5) is 5.95 Å². The van der Waals surface area contributed by atoms with E-state index in [-0.39, 0.29) is 5.92 Å². The summed E-state index contributed by atoms with van der Waals surface area (Å²) in [6.07, 6.45) is 9.30. The summed E-state index contributed by atoms with van der Waals surface area (Å²) in [5.41, 5.74) is 0. The van der Waals surface area contributed by atoms with E-state index in [4.69, 9.17) is 0 Å². The Morgan fingerprint density at radius 3 is 2.54 bits per heavy atom. The average molecular weight is 329 g/mol. The first-order valence-corrected chi connectivity index (χ1v) is 9.36. The van der Waals surface area contributed by atoms with Crippen molar-refractivity contribution < 1.29 is 4.79 Å². The first-order chi connectivity index (χ1) is 11.8. The van der Waals surface area contributed by atoms with Crippen LogP contribution in [-0.2, 0) is 4.79 Å². The zero-order valence-corrected chi connectivity index (χ0v) is 14.3. The molecule has 3 aliphatic heterocycles. The van der Waals surface area contributed by atoms with Gasteiger partial charge in [-0.1, -0.05) is 6.42 Å². The topological polar surface area (TPSA) is 52.6 Å². The Balaban J connectivity index is 1.31. The second-order valence-corrected chi connectivity index (χ2v) is 7.28. The van der Waals surface area contributed by atoms with Crippen LogP contribution in [-0.4, -0.2) is 71.0 Å². The van der Waals surface area contributed by atoms with Crippen molar-refractivity contribution in [3.05, 3.63) is 18.5 Å². The highest BCUT2D eigenvalue weighted by molar-refractivity contribution is 5.79. The van der Waals surface area contributed by atoms with Crippen LogP contribution in [0.1, 0.15) is 32.1 Å². The van der Waals surface area contributed by atoms with Crippen LogP contribution in [0.3, 0.4) is 0 Å². The van der Waals surface area contributed by atoms with E-state index in [1.807, 2.05) is 6.07 Å². The number of rotatable bonds is 2. The molecule has 1 aromatic heterocycles. The first-order valence-electron chi connectivity index (χ1n) is 9.36. The number of fused-ring (bicyclic) bond motifs is 1. The summed E-state index contributed by atoms with van der Waals surface area (Å²) in [6, 6.07) is 2.44. The van der Waals surface area contributed by atoms with Gasteiger partial charge in [-0.3, -0.25) is 9.69 Å². The Labute approximate surface area is 143 Å². The van der Waals surface area contributed by atoms with Gasteiger partial charge in [-0.15, -0.1) is 0 Å². The average Bonchev–Trinajstić information content (AvgIpc) is 2.68. The quantitative estimate of drug-likeness (QED) is 0.821. The van der Waals surface area contributed by atoms with Gasteiger partial charge in [0, 0.05) is 57.1 Å².